The van der Waals surface area contributed by atoms with E-state index >= 15 is 0 Å². The molecule has 0 aliphatic heterocycles. The van der Waals surface area contributed by atoms with Crippen molar-refractivity contribution in [3.63, 3.8) is 0 Å². The molecule has 0 aliphatic carbocycles. The zero-order valence-electron chi connectivity index (χ0n) is 15.1. The quantitative estimate of drug-likeness (QED) is 0.663. The third-order valence-corrected chi connectivity index (χ3v) is 5.58. The molecule has 5 nitrogen and oxygen atoms in total. The maximum Gasteiger partial charge on any atom is 0.416 e. The van der Waals surface area contributed by atoms with Gasteiger partial charge in [0.2, 0.25) is 15.9 Å². The number of alkyl halides is 3. The van der Waals surface area contributed by atoms with E-state index in [0.717, 1.165) is 24.0 Å². The molecule has 11 heteroatoms. The predicted molar refractivity (Wildman–Crippen MR) is 107 cm³/mol. The monoisotopic (exact) mass is 468 g/mol. The summed E-state index contributed by atoms with van der Waals surface area (Å²) in [6, 6.07) is 9.22. The zero-order chi connectivity index (χ0) is 21.8. The van der Waals surface area contributed by atoms with Crippen LogP contribution in [0.25, 0.3) is 0 Å². The van der Waals surface area contributed by atoms with Gasteiger partial charge in [-0.2, -0.15) is 13.2 Å². The number of nitrogens with zero attached hydrogens (tertiary/aromatic N) is 1. The molecule has 2 rings (SSSR count). The fraction of sp³-hybridized carbons (Fsp3) is 0.278. The van der Waals surface area contributed by atoms with Gasteiger partial charge in [-0.15, -0.1) is 0 Å². The third kappa shape index (κ3) is 6.80. The van der Waals surface area contributed by atoms with Crippen LogP contribution in [0, 0.1) is 0 Å². The lowest BCUT2D eigenvalue weighted by atomic mass is 10.1. The number of sulfonamides is 1. The van der Waals surface area contributed by atoms with Gasteiger partial charge in [-0.3, -0.25) is 9.10 Å². The maximum absolute atomic E-state index is 13.0. The Labute approximate surface area is 176 Å². The van der Waals surface area contributed by atoms with Gasteiger partial charge in [0.05, 0.1) is 22.5 Å². The van der Waals surface area contributed by atoms with Gasteiger partial charge in [-0.1, -0.05) is 35.3 Å². The molecule has 0 spiro atoms. The minimum absolute atomic E-state index is 0.203. The molecular weight excluding hydrogens is 452 g/mol. The molecule has 0 heterocycles. The highest BCUT2D eigenvalue weighted by Crippen LogP contribution is 2.36. The van der Waals surface area contributed by atoms with Crippen molar-refractivity contribution in [2.75, 3.05) is 23.7 Å². The first-order valence-corrected chi connectivity index (χ1v) is 10.8. The highest BCUT2D eigenvalue weighted by molar-refractivity contribution is 7.92. The smallest absolute Gasteiger partial charge is 0.354 e. The maximum atomic E-state index is 13.0. The molecular formula is C18H17Cl2F3N2O3S. The summed E-state index contributed by atoms with van der Waals surface area (Å²) in [6.45, 7) is -0.505. The Kier molecular flexibility index (Phi) is 7.42. The highest BCUT2D eigenvalue weighted by atomic mass is 35.5. The van der Waals surface area contributed by atoms with Gasteiger partial charge >= 0.3 is 6.18 Å². The minimum Gasteiger partial charge on any atom is -0.354 e. The Morgan fingerprint density at radius 3 is 2.28 bits per heavy atom. The van der Waals surface area contributed by atoms with E-state index in [4.69, 9.17) is 23.2 Å². The molecule has 0 saturated heterocycles. The first kappa shape index (κ1) is 23.3. The summed E-state index contributed by atoms with van der Waals surface area (Å²) in [5, 5.41) is 2.88. The number of hydrogen-bond acceptors (Lipinski definition) is 3. The molecule has 2 aromatic rings. The zero-order valence-corrected chi connectivity index (χ0v) is 17.5. The van der Waals surface area contributed by atoms with Crippen molar-refractivity contribution in [1.29, 1.82) is 0 Å². The van der Waals surface area contributed by atoms with E-state index in [2.05, 4.69) is 5.32 Å². The summed E-state index contributed by atoms with van der Waals surface area (Å²) < 4.78 is 63.7. The van der Waals surface area contributed by atoms with Gasteiger partial charge in [-0.25, -0.2) is 8.42 Å². The largest absolute Gasteiger partial charge is 0.416 e. The van der Waals surface area contributed by atoms with E-state index in [1.807, 2.05) is 0 Å². The normalized spacial score (nSPS) is 11.9. The third-order valence-electron chi connectivity index (χ3n) is 3.88. The van der Waals surface area contributed by atoms with Crippen LogP contribution in [0.15, 0.2) is 42.5 Å². The van der Waals surface area contributed by atoms with Gasteiger partial charge in [0.25, 0.3) is 0 Å². The topological polar surface area (TPSA) is 66.5 Å². The van der Waals surface area contributed by atoms with Crippen LogP contribution in [0.2, 0.25) is 10.0 Å². The second-order valence-electron chi connectivity index (χ2n) is 6.16. The van der Waals surface area contributed by atoms with Crippen molar-refractivity contribution in [2.24, 2.45) is 0 Å². The molecule has 29 heavy (non-hydrogen) atoms. The lowest BCUT2D eigenvalue weighted by Crippen LogP contribution is -2.41. The molecule has 0 saturated carbocycles. The molecule has 0 fully saturated rings. The molecule has 0 aliphatic rings. The summed E-state index contributed by atoms with van der Waals surface area (Å²) in [5.41, 5.74) is -0.596. The van der Waals surface area contributed by atoms with E-state index in [1.54, 1.807) is 24.3 Å². The van der Waals surface area contributed by atoms with Crippen LogP contribution in [0.4, 0.5) is 18.9 Å². The summed E-state index contributed by atoms with van der Waals surface area (Å²) in [4.78, 5) is 12.2. The number of hydrogen-bond donors (Lipinski definition) is 1. The summed E-state index contributed by atoms with van der Waals surface area (Å²) in [5.74, 6) is -0.683. The second kappa shape index (κ2) is 9.23. The van der Waals surface area contributed by atoms with E-state index in [9.17, 15) is 26.4 Å². The van der Waals surface area contributed by atoms with Gasteiger partial charge in [0.1, 0.15) is 6.54 Å². The Morgan fingerprint density at radius 2 is 1.72 bits per heavy atom. The van der Waals surface area contributed by atoms with Gasteiger partial charge in [0, 0.05) is 11.6 Å². The van der Waals surface area contributed by atoms with Crippen molar-refractivity contribution in [2.45, 2.75) is 12.6 Å². The number of amides is 1. The SMILES string of the molecule is CS(=O)(=O)N(CC(=O)NCCc1ccc(Cl)cc1)c1cc(C(F)(F)F)ccc1Cl. The fourth-order valence-electron chi connectivity index (χ4n) is 2.44. The van der Waals surface area contributed by atoms with Crippen LogP contribution in [-0.4, -0.2) is 33.7 Å². The lowest BCUT2D eigenvalue weighted by molar-refractivity contribution is -0.137. The Balaban J connectivity index is 2.13. The first-order chi connectivity index (χ1) is 13.4. The van der Waals surface area contributed by atoms with E-state index in [0.29, 0.717) is 21.8 Å². The second-order valence-corrected chi connectivity index (χ2v) is 8.91. The molecule has 0 unspecified atom stereocenters. The molecule has 158 valence electrons. The number of benzene rings is 2. The number of nitrogens with one attached hydrogen (secondary N) is 1. The number of rotatable bonds is 7. The van der Waals surface area contributed by atoms with E-state index < -0.39 is 39.9 Å². The van der Waals surface area contributed by atoms with Crippen molar-refractivity contribution in [1.82, 2.24) is 5.32 Å². The molecule has 0 atom stereocenters. The van der Waals surface area contributed by atoms with Crippen LogP contribution in [0.3, 0.4) is 0 Å². The first-order valence-electron chi connectivity index (χ1n) is 8.23. The highest BCUT2D eigenvalue weighted by Gasteiger charge is 2.33. The fourth-order valence-corrected chi connectivity index (χ4v) is 3.70. The minimum atomic E-state index is -4.69. The number of carbonyl (C=O) groups excluding carboxylic acids is 1. The average Bonchev–Trinajstić information content (AvgIpc) is 2.60. The van der Waals surface area contributed by atoms with E-state index in [1.165, 1.54) is 0 Å². The molecule has 1 N–H and O–H groups in total. The van der Waals surface area contributed by atoms with Crippen molar-refractivity contribution in [3.8, 4) is 0 Å². The molecule has 2 aromatic carbocycles. The summed E-state index contributed by atoms with van der Waals surface area (Å²) in [6.07, 6.45) is -3.44. The molecule has 1 amide bonds. The van der Waals surface area contributed by atoms with Gasteiger partial charge < -0.3 is 5.32 Å². The molecule has 0 aromatic heterocycles. The Hall–Kier alpha value is -1.97. The van der Waals surface area contributed by atoms with Gasteiger partial charge in [-0.05, 0) is 42.3 Å². The average molecular weight is 469 g/mol. The predicted octanol–water partition coefficient (Wildman–Crippen LogP) is 4.14. The standard InChI is InChI=1S/C18H17Cl2F3N2O3S/c1-29(27,28)25(16-10-13(18(21,22)23)4-7-15(16)20)11-17(26)24-9-8-12-2-5-14(19)6-3-12/h2-7,10H,8-9,11H2,1H3,(H,24,26). The number of carbonyl (C=O) groups is 1. The van der Waals surface area contributed by atoms with Gasteiger partial charge in [0.15, 0.2) is 0 Å². The van der Waals surface area contributed by atoms with Crippen LogP contribution < -0.4 is 9.62 Å². The molecule has 0 radical (unpaired) electrons. The van der Waals surface area contributed by atoms with Crippen molar-refractivity contribution >= 4 is 44.8 Å². The van der Waals surface area contributed by atoms with Crippen molar-refractivity contribution in [3.05, 3.63) is 63.6 Å². The van der Waals surface area contributed by atoms with Crippen LogP contribution in [0.1, 0.15) is 11.1 Å². The van der Waals surface area contributed by atoms with Crippen LogP contribution in [0.5, 0.6) is 0 Å². The lowest BCUT2D eigenvalue weighted by Gasteiger charge is -2.24. The number of anilines is 1. The number of halogens is 5. The van der Waals surface area contributed by atoms with Crippen molar-refractivity contribution < 1.29 is 26.4 Å². The Morgan fingerprint density at radius 1 is 1.10 bits per heavy atom. The molecule has 0 bridgehead atoms. The van der Waals surface area contributed by atoms with Crippen LogP contribution in [-0.2, 0) is 27.4 Å². The van der Waals surface area contributed by atoms with E-state index in [-0.39, 0.29) is 11.6 Å². The Bertz CT molecular complexity index is 981. The summed E-state index contributed by atoms with van der Waals surface area (Å²) >= 11 is 11.7. The summed E-state index contributed by atoms with van der Waals surface area (Å²) in [7, 11) is -4.07. The van der Waals surface area contributed by atoms with Crippen LogP contribution >= 0.6 is 23.2 Å².